The smallest absolute Gasteiger partial charge is 0.306 e. The van der Waals surface area contributed by atoms with Crippen LogP contribution in [0.25, 0.3) is 0 Å². The number of rotatable bonds is 53. The van der Waals surface area contributed by atoms with E-state index in [9.17, 15) is 19.8 Å². The number of aliphatic hydroxyl groups is 2. The molecule has 0 heterocycles. The van der Waals surface area contributed by atoms with Gasteiger partial charge in [-0.2, -0.15) is 0 Å². The monoisotopic (exact) mass is 940 g/mol. The minimum Gasteiger partial charge on any atom is -0.462 e. The maximum atomic E-state index is 13.3. The summed E-state index contributed by atoms with van der Waals surface area (Å²) in [6.45, 7) is 6.47. The van der Waals surface area contributed by atoms with Gasteiger partial charge in [0, 0.05) is 6.42 Å². The molecule has 1 amide bonds. The first-order valence-electron chi connectivity index (χ1n) is 29.4. The lowest BCUT2D eigenvalue weighted by Gasteiger charge is -2.24. The summed E-state index contributed by atoms with van der Waals surface area (Å²) in [4.78, 5) is 26.3. The Labute approximate surface area is 416 Å². The highest BCUT2D eigenvalue weighted by Gasteiger charge is 2.24. The Kier molecular flexibility index (Phi) is 53.0. The molecule has 3 atom stereocenters. The first-order valence-corrected chi connectivity index (χ1v) is 29.4. The number of aliphatic hydroxyl groups excluding tert-OH is 2. The maximum absolute atomic E-state index is 13.3. The highest BCUT2D eigenvalue weighted by molar-refractivity contribution is 5.77. The molecular formula is C61H113NO5. The third-order valence-corrected chi connectivity index (χ3v) is 13.4. The molecular weight excluding hydrogens is 827 g/mol. The summed E-state index contributed by atoms with van der Waals surface area (Å²) < 4.78 is 5.93. The number of unbranched alkanes of at least 4 members (excludes halogenated alkanes) is 34. The fraction of sp³-hybridized carbons (Fsp3) is 0.836. The molecule has 3 N–H and O–H groups in total. The van der Waals surface area contributed by atoms with E-state index in [4.69, 9.17) is 4.74 Å². The van der Waals surface area contributed by atoms with E-state index in [1.54, 1.807) is 0 Å². The van der Waals surface area contributed by atoms with Crippen molar-refractivity contribution in [3.05, 3.63) is 48.6 Å². The number of nitrogens with one attached hydrogen (secondary N) is 1. The Bertz CT molecular complexity index is 1150. The predicted molar refractivity (Wildman–Crippen MR) is 292 cm³/mol. The zero-order valence-electron chi connectivity index (χ0n) is 44.8. The topological polar surface area (TPSA) is 95.9 Å². The van der Waals surface area contributed by atoms with Gasteiger partial charge in [-0.1, -0.05) is 262 Å². The van der Waals surface area contributed by atoms with Gasteiger partial charge in [0.15, 0.2) is 0 Å². The van der Waals surface area contributed by atoms with E-state index >= 15 is 0 Å². The van der Waals surface area contributed by atoms with Crippen molar-refractivity contribution in [1.82, 2.24) is 5.32 Å². The van der Waals surface area contributed by atoms with Crippen molar-refractivity contribution in [3.63, 3.8) is 0 Å². The molecule has 0 aromatic carbocycles. The van der Waals surface area contributed by atoms with Crippen molar-refractivity contribution in [2.75, 3.05) is 6.61 Å². The summed E-state index contributed by atoms with van der Waals surface area (Å²) in [5, 5.41) is 23.9. The standard InChI is InChI=1S/C61H113NO5/c1-4-7-10-13-16-19-22-25-28-30-32-35-38-41-44-47-50-53-59(64)58(56-63)62-60(65)55-57(52-49-46-43-40-37-34-27-24-21-18-15-12-9-6-3)67-61(66)54-51-48-45-42-39-36-33-31-29-26-23-20-17-14-11-8-5-2/h17,20,26,29,34,37,40,43,57-59,63-64H,4-16,18-19,21-25,27-28,30-33,35-36,38-39,41-42,44-56H2,1-3H3,(H,62,65)/b20-17-,29-26-,37-34+,43-40+. The first kappa shape index (κ1) is 64.8. The van der Waals surface area contributed by atoms with Gasteiger partial charge in [-0.3, -0.25) is 9.59 Å². The van der Waals surface area contributed by atoms with Gasteiger partial charge in [0.05, 0.1) is 25.2 Å². The van der Waals surface area contributed by atoms with Crippen LogP contribution in [0.5, 0.6) is 0 Å². The molecule has 0 aliphatic heterocycles. The molecule has 6 heteroatoms. The van der Waals surface area contributed by atoms with Gasteiger partial charge in [0.25, 0.3) is 0 Å². The van der Waals surface area contributed by atoms with Gasteiger partial charge in [-0.25, -0.2) is 0 Å². The molecule has 0 bridgehead atoms. The van der Waals surface area contributed by atoms with Crippen LogP contribution >= 0.6 is 0 Å². The van der Waals surface area contributed by atoms with Gasteiger partial charge < -0.3 is 20.3 Å². The second kappa shape index (κ2) is 54.8. The lowest BCUT2D eigenvalue weighted by molar-refractivity contribution is -0.151. The third kappa shape index (κ3) is 50.0. The van der Waals surface area contributed by atoms with Crippen LogP contribution in [0.1, 0.15) is 303 Å². The zero-order chi connectivity index (χ0) is 48.8. The fourth-order valence-electron chi connectivity index (χ4n) is 8.93. The summed E-state index contributed by atoms with van der Waals surface area (Å²) in [6, 6.07) is -0.718. The SMILES string of the molecule is CCCCC/C=C\C/C=C\CCCCCCCCCC(=O)OC(CCC/C=C/C=C/CCCCCCCCC)CC(=O)NC(CO)C(O)CCCCCCCCCCCCCCCCCCC. The molecule has 0 spiro atoms. The predicted octanol–water partition coefficient (Wildman–Crippen LogP) is 18.2. The highest BCUT2D eigenvalue weighted by atomic mass is 16.5. The van der Waals surface area contributed by atoms with Crippen LogP contribution in [0.2, 0.25) is 0 Å². The number of esters is 1. The van der Waals surface area contributed by atoms with Crippen LogP contribution in [0.4, 0.5) is 0 Å². The number of allylic oxidation sites excluding steroid dienone is 8. The van der Waals surface area contributed by atoms with E-state index < -0.39 is 18.2 Å². The Morgan fingerprint density at radius 2 is 0.821 bits per heavy atom. The van der Waals surface area contributed by atoms with Crippen LogP contribution < -0.4 is 5.32 Å². The first-order chi connectivity index (χ1) is 33.0. The van der Waals surface area contributed by atoms with Crippen LogP contribution in [0.3, 0.4) is 0 Å². The molecule has 0 aliphatic rings. The number of ether oxygens (including phenoxy) is 1. The second-order valence-electron chi connectivity index (χ2n) is 20.1. The van der Waals surface area contributed by atoms with E-state index in [1.165, 1.54) is 186 Å². The Balaban J connectivity index is 4.57. The normalized spacial score (nSPS) is 13.4. The molecule has 392 valence electrons. The van der Waals surface area contributed by atoms with Crippen LogP contribution in [0.15, 0.2) is 48.6 Å². The largest absolute Gasteiger partial charge is 0.462 e. The molecule has 67 heavy (non-hydrogen) atoms. The molecule has 0 aromatic rings. The number of hydrogen-bond donors (Lipinski definition) is 3. The lowest BCUT2D eigenvalue weighted by Crippen LogP contribution is -2.46. The molecule has 0 aromatic heterocycles. The lowest BCUT2D eigenvalue weighted by atomic mass is 10.0. The van der Waals surface area contributed by atoms with Crippen LogP contribution in [-0.2, 0) is 14.3 Å². The van der Waals surface area contributed by atoms with E-state index in [0.717, 1.165) is 70.6 Å². The quantitative estimate of drug-likeness (QED) is 0.0244. The summed E-state index contributed by atoms with van der Waals surface area (Å²) in [6.07, 6.45) is 67.5. The molecule has 3 unspecified atom stereocenters. The maximum Gasteiger partial charge on any atom is 0.306 e. The van der Waals surface area contributed by atoms with Crippen molar-refractivity contribution >= 4 is 11.9 Å². The van der Waals surface area contributed by atoms with E-state index in [-0.39, 0.29) is 24.9 Å². The van der Waals surface area contributed by atoms with Gasteiger partial charge >= 0.3 is 5.97 Å². The van der Waals surface area contributed by atoms with Crippen molar-refractivity contribution < 1.29 is 24.5 Å². The Morgan fingerprint density at radius 3 is 1.28 bits per heavy atom. The van der Waals surface area contributed by atoms with Crippen molar-refractivity contribution in [2.45, 2.75) is 322 Å². The van der Waals surface area contributed by atoms with Gasteiger partial charge in [-0.05, 0) is 77.0 Å². The van der Waals surface area contributed by atoms with Gasteiger partial charge in [0.1, 0.15) is 6.10 Å². The van der Waals surface area contributed by atoms with E-state index in [0.29, 0.717) is 19.3 Å². The average Bonchev–Trinajstić information content (AvgIpc) is 3.32. The van der Waals surface area contributed by atoms with E-state index in [2.05, 4.69) is 74.7 Å². The number of carbonyl (C=O) groups excluding carboxylic acids is 2. The van der Waals surface area contributed by atoms with Crippen molar-refractivity contribution in [3.8, 4) is 0 Å². The minimum atomic E-state index is -0.801. The highest BCUT2D eigenvalue weighted by Crippen LogP contribution is 2.18. The van der Waals surface area contributed by atoms with Gasteiger partial charge in [0.2, 0.25) is 5.91 Å². The minimum absolute atomic E-state index is 0.0427. The Morgan fingerprint density at radius 1 is 0.448 bits per heavy atom. The number of carbonyl (C=O) groups is 2. The molecule has 0 saturated carbocycles. The molecule has 0 saturated heterocycles. The molecule has 0 aliphatic carbocycles. The van der Waals surface area contributed by atoms with Crippen LogP contribution in [-0.4, -0.2) is 46.9 Å². The average molecular weight is 941 g/mol. The van der Waals surface area contributed by atoms with E-state index in [1.807, 2.05) is 0 Å². The Hall–Kier alpha value is -2.18. The summed E-state index contributed by atoms with van der Waals surface area (Å²) in [7, 11) is 0. The molecule has 0 fully saturated rings. The van der Waals surface area contributed by atoms with Crippen molar-refractivity contribution in [2.24, 2.45) is 0 Å². The number of amides is 1. The summed E-state index contributed by atoms with van der Waals surface area (Å²) in [5.41, 5.74) is 0. The van der Waals surface area contributed by atoms with Crippen LogP contribution in [0, 0.1) is 0 Å². The molecule has 6 nitrogen and oxygen atoms in total. The van der Waals surface area contributed by atoms with Gasteiger partial charge in [-0.15, -0.1) is 0 Å². The number of hydrogen-bond acceptors (Lipinski definition) is 5. The summed E-state index contributed by atoms with van der Waals surface area (Å²) >= 11 is 0. The summed E-state index contributed by atoms with van der Waals surface area (Å²) in [5.74, 6) is -0.519. The molecule has 0 rings (SSSR count). The zero-order valence-corrected chi connectivity index (χ0v) is 44.8. The second-order valence-corrected chi connectivity index (χ2v) is 20.1. The van der Waals surface area contributed by atoms with Crippen molar-refractivity contribution in [1.29, 1.82) is 0 Å². The third-order valence-electron chi connectivity index (χ3n) is 13.4. The fourth-order valence-corrected chi connectivity index (χ4v) is 8.93. The molecule has 0 radical (unpaired) electrons.